The monoisotopic (exact) mass is 395 g/mol. The van der Waals surface area contributed by atoms with E-state index < -0.39 is 12.4 Å². The molecule has 6 nitrogen and oxygen atoms in total. The molecule has 1 aliphatic rings. The largest absolute Gasteiger partial charge is 0.434 e. The van der Waals surface area contributed by atoms with Gasteiger partial charge in [0.1, 0.15) is 11.6 Å². The second kappa shape index (κ2) is 8.99. The zero-order chi connectivity index (χ0) is 20.1. The molecule has 3 rings (SSSR count). The molecule has 1 N–H and O–H groups in total. The Labute approximate surface area is 162 Å². The lowest BCUT2D eigenvalue weighted by Gasteiger charge is -2.22. The van der Waals surface area contributed by atoms with Gasteiger partial charge in [-0.3, -0.25) is 4.68 Å². The summed E-state index contributed by atoms with van der Waals surface area (Å²) >= 11 is 0. The van der Waals surface area contributed by atoms with Gasteiger partial charge in [0.2, 0.25) is 0 Å². The fourth-order valence-electron chi connectivity index (χ4n) is 3.35. The summed E-state index contributed by atoms with van der Waals surface area (Å²) in [5, 5.41) is 7.42. The Balaban J connectivity index is 1.75. The van der Waals surface area contributed by atoms with E-state index in [9.17, 15) is 13.2 Å². The Morgan fingerprint density at radius 1 is 1.43 bits per heavy atom. The van der Waals surface area contributed by atoms with Crippen molar-refractivity contribution in [2.24, 2.45) is 12.0 Å². The molecule has 1 saturated heterocycles. The van der Waals surface area contributed by atoms with Crippen molar-refractivity contribution in [2.45, 2.75) is 32.4 Å². The third-order valence-corrected chi connectivity index (χ3v) is 4.70. The zero-order valence-electron chi connectivity index (χ0n) is 15.9. The zero-order valence-corrected chi connectivity index (χ0v) is 15.9. The molecule has 1 unspecified atom stereocenters. The third-order valence-electron chi connectivity index (χ3n) is 4.70. The summed E-state index contributed by atoms with van der Waals surface area (Å²) in [6.07, 6.45) is 4.83. The van der Waals surface area contributed by atoms with E-state index in [1.54, 1.807) is 4.68 Å². The van der Waals surface area contributed by atoms with Crippen molar-refractivity contribution in [3.63, 3.8) is 0 Å². The molecule has 28 heavy (non-hydrogen) atoms. The Hall–Kier alpha value is -2.71. The van der Waals surface area contributed by atoms with E-state index in [-0.39, 0.29) is 17.9 Å². The highest BCUT2D eigenvalue weighted by Gasteiger charge is 2.27. The highest BCUT2D eigenvalue weighted by atomic mass is 19.3. The van der Waals surface area contributed by atoms with Gasteiger partial charge in [0.25, 0.3) is 0 Å². The molecule has 0 bridgehead atoms. The van der Waals surface area contributed by atoms with Crippen molar-refractivity contribution < 1.29 is 17.9 Å². The molecule has 2 aromatic rings. The average molecular weight is 395 g/mol. The molecule has 1 fully saturated rings. The highest BCUT2D eigenvalue weighted by Crippen LogP contribution is 2.28. The maximum atomic E-state index is 14.2. The minimum absolute atomic E-state index is 0.0150. The van der Waals surface area contributed by atoms with E-state index in [4.69, 9.17) is 0 Å². The van der Waals surface area contributed by atoms with E-state index in [1.807, 2.05) is 26.4 Å². The standard InChI is InChI=1S/C19H24F3N5O/c1-3-23-19(27-8-7-13(12-27)14-9-25-26(2)11-14)24-10-15-16(20)5-4-6-17(15)28-18(21)22/h4-6,9,11,13,18H,3,7-8,10,12H2,1-2H3,(H,23,24). The van der Waals surface area contributed by atoms with Crippen LogP contribution in [0.5, 0.6) is 5.75 Å². The van der Waals surface area contributed by atoms with Crippen molar-refractivity contribution in [3.05, 3.63) is 47.5 Å². The molecule has 0 aliphatic carbocycles. The summed E-state index contributed by atoms with van der Waals surface area (Å²) < 4.78 is 45.6. The average Bonchev–Trinajstić information content (AvgIpc) is 3.28. The highest BCUT2D eigenvalue weighted by molar-refractivity contribution is 5.80. The predicted molar refractivity (Wildman–Crippen MR) is 100.0 cm³/mol. The Kier molecular flexibility index (Phi) is 6.43. The van der Waals surface area contributed by atoms with Gasteiger partial charge < -0.3 is 15.0 Å². The number of rotatable bonds is 6. The van der Waals surface area contributed by atoms with Crippen LogP contribution in [0.1, 0.15) is 30.4 Å². The molecule has 0 radical (unpaired) electrons. The Morgan fingerprint density at radius 3 is 2.93 bits per heavy atom. The Morgan fingerprint density at radius 2 is 2.25 bits per heavy atom. The SMILES string of the molecule is CCNC(=NCc1c(F)cccc1OC(F)F)N1CCC(c2cnn(C)c2)C1. The molecule has 1 atom stereocenters. The molecule has 1 aliphatic heterocycles. The van der Waals surface area contributed by atoms with E-state index in [0.29, 0.717) is 18.4 Å². The summed E-state index contributed by atoms with van der Waals surface area (Å²) in [7, 11) is 1.88. The first-order valence-electron chi connectivity index (χ1n) is 9.22. The van der Waals surface area contributed by atoms with Crippen molar-refractivity contribution in [2.75, 3.05) is 19.6 Å². The van der Waals surface area contributed by atoms with Crippen molar-refractivity contribution in [3.8, 4) is 5.75 Å². The van der Waals surface area contributed by atoms with Crippen LogP contribution in [0.25, 0.3) is 0 Å². The molecule has 152 valence electrons. The topological polar surface area (TPSA) is 54.7 Å². The molecule has 9 heteroatoms. The van der Waals surface area contributed by atoms with Gasteiger partial charge in [0.05, 0.1) is 18.3 Å². The summed E-state index contributed by atoms with van der Waals surface area (Å²) in [6, 6.07) is 3.87. The van der Waals surface area contributed by atoms with Crippen LogP contribution in [0.4, 0.5) is 13.2 Å². The molecular weight excluding hydrogens is 371 g/mol. The van der Waals surface area contributed by atoms with Gasteiger partial charge in [0, 0.05) is 38.8 Å². The van der Waals surface area contributed by atoms with E-state index in [2.05, 4.69) is 25.0 Å². The first-order chi connectivity index (χ1) is 13.5. The first-order valence-corrected chi connectivity index (χ1v) is 9.22. The fraction of sp³-hybridized carbons (Fsp3) is 0.474. The number of aryl methyl sites for hydroxylation is 1. The van der Waals surface area contributed by atoms with Crippen molar-refractivity contribution in [1.29, 1.82) is 0 Å². The normalized spacial score (nSPS) is 17.4. The number of guanidine groups is 1. The number of alkyl halides is 2. The first kappa shape index (κ1) is 20.0. The second-order valence-electron chi connectivity index (χ2n) is 6.64. The second-order valence-corrected chi connectivity index (χ2v) is 6.64. The summed E-state index contributed by atoms with van der Waals surface area (Å²) in [6.45, 7) is 1.03. The third kappa shape index (κ3) is 4.76. The molecule has 2 heterocycles. The van der Waals surface area contributed by atoms with Gasteiger partial charge in [-0.15, -0.1) is 0 Å². The van der Waals surface area contributed by atoms with E-state index in [1.165, 1.54) is 23.8 Å². The van der Waals surface area contributed by atoms with Gasteiger partial charge >= 0.3 is 6.61 Å². The van der Waals surface area contributed by atoms with Crippen LogP contribution >= 0.6 is 0 Å². The number of hydrogen-bond donors (Lipinski definition) is 1. The van der Waals surface area contributed by atoms with Crippen LogP contribution in [-0.4, -0.2) is 46.9 Å². The number of aliphatic imine (C=N–C) groups is 1. The van der Waals surface area contributed by atoms with Gasteiger partial charge in [0.15, 0.2) is 5.96 Å². The number of aromatic nitrogens is 2. The molecule has 0 saturated carbocycles. The number of benzene rings is 1. The lowest BCUT2D eigenvalue weighted by molar-refractivity contribution is -0.0506. The van der Waals surface area contributed by atoms with E-state index >= 15 is 0 Å². The molecular formula is C19H24F3N5O. The van der Waals surface area contributed by atoms with Crippen LogP contribution in [0.15, 0.2) is 35.6 Å². The van der Waals surface area contributed by atoms with Gasteiger partial charge in [-0.2, -0.15) is 13.9 Å². The lowest BCUT2D eigenvalue weighted by atomic mass is 10.0. The molecule has 1 aromatic carbocycles. The van der Waals surface area contributed by atoms with Gasteiger partial charge in [-0.1, -0.05) is 6.07 Å². The van der Waals surface area contributed by atoms with Crippen LogP contribution in [-0.2, 0) is 13.6 Å². The smallest absolute Gasteiger partial charge is 0.387 e. The molecule has 1 aromatic heterocycles. The maximum Gasteiger partial charge on any atom is 0.387 e. The minimum atomic E-state index is -3.02. The van der Waals surface area contributed by atoms with Crippen molar-refractivity contribution in [1.82, 2.24) is 20.0 Å². The van der Waals surface area contributed by atoms with Gasteiger partial charge in [-0.25, -0.2) is 9.38 Å². The number of nitrogens with one attached hydrogen (secondary N) is 1. The van der Waals surface area contributed by atoms with Crippen LogP contribution in [0.3, 0.4) is 0 Å². The number of nitrogens with zero attached hydrogens (tertiary/aromatic N) is 4. The van der Waals surface area contributed by atoms with Gasteiger partial charge in [-0.05, 0) is 31.0 Å². The molecule has 0 spiro atoms. The number of hydrogen-bond acceptors (Lipinski definition) is 3. The van der Waals surface area contributed by atoms with Crippen LogP contribution in [0.2, 0.25) is 0 Å². The molecule has 0 amide bonds. The number of ether oxygens (including phenoxy) is 1. The van der Waals surface area contributed by atoms with E-state index in [0.717, 1.165) is 19.5 Å². The number of likely N-dealkylation sites (tertiary alicyclic amines) is 1. The maximum absolute atomic E-state index is 14.2. The van der Waals surface area contributed by atoms with Crippen LogP contribution in [0, 0.1) is 5.82 Å². The van der Waals surface area contributed by atoms with Crippen molar-refractivity contribution >= 4 is 5.96 Å². The summed E-state index contributed by atoms with van der Waals surface area (Å²) in [5.74, 6) is 0.153. The lowest BCUT2D eigenvalue weighted by Crippen LogP contribution is -2.40. The van der Waals surface area contributed by atoms with Crippen LogP contribution < -0.4 is 10.1 Å². The fourth-order valence-corrected chi connectivity index (χ4v) is 3.35. The Bertz CT molecular complexity index is 824. The minimum Gasteiger partial charge on any atom is -0.434 e. The summed E-state index contributed by atoms with van der Waals surface area (Å²) in [4.78, 5) is 6.57. The quantitative estimate of drug-likeness (QED) is 0.603. The summed E-state index contributed by atoms with van der Waals surface area (Å²) in [5.41, 5.74) is 1.18. The predicted octanol–water partition coefficient (Wildman–Crippen LogP) is 3.12. The number of halogens is 3.